The Morgan fingerprint density at radius 2 is 1.50 bits per heavy atom. The molecule has 0 fully saturated rings. The monoisotopic (exact) mass is 294 g/mol. The molecule has 3 heteroatoms. The lowest BCUT2D eigenvalue weighted by Crippen LogP contribution is -1.81. The van der Waals surface area contributed by atoms with E-state index in [-0.39, 0.29) is 0 Å². The van der Waals surface area contributed by atoms with Crippen molar-refractivity contribution < 1.29 is 0 Å². The molecule has 0 aliphatic carbocycles. The van der Waals surface area contributed by atoms with E-state index >= 15 is 0 Å². The van der Waals surface area contributed by atoms with Gasteiger partial charge in [-0.3, -0.25) is 0 Å². The molecule has 0 atom stereocenters. The van der Waals surface area contributed by atoms with Crippen LogP contribution >= 0.6 is 33.2 Å². The first kappa shape index (κ1) is 13.9. The number of hydrogen-bond acceptors (Lipinski definition) is 2. The van der Waals surface area contributed by atoms with Gasteiger partial charge < -0.3 is 0 Å². The summed E-state index contributed by atoms with van der Waals surface area (Å²) >= 11 is 5.95. The molecule has 0 aromatic heterocycles. The Morgan fingerprint density at radius 1 is 0.889 bits per heavy atom. The standard InChI is InChI=1S/C15H15ClS2/c1-12-4-2-5-13(8-12)10-17-18-11-14-6-3-7-15(16)9-14/h2-9H,10-11H2,1H3. The van der Waals surface area contributed by atoms with E-state index in [1.165, 1.54) is 16.7 Å². The van der Waals surface area contributed by atoms with Crippen LogP contribution in [0.3, 0.4) is 0 Å². The normalized spacial score (nSPS) is 10.6. The minimum atomic E-state index is 0.816. The van der Waals surface area contributed by atoms with E-state index in [4.69, 9.17) is 11.6 Å². The number of benzene rings is 2. The Morgan fingerprint density at radius 3 is 2.11 bits per heavy atom. The maximum Gasteiger partial charge on any atom is 0.0409 e. The molecule has 0 amide bonds. The highest BCUT2D eigenvalue weighted by Crippen LogP contribution is 2.30. The molecule has 0 unspecified atom stereocenters. The lowest BCUT2D eigenvalue weighted by Gasteiger charge is -2.03. The number of aryl methyl sites for hydroxylation is 1. The van der Waals surface area contributed by atoms with Crippen LogP contribution in [0.1, 0.15) is 16.7 Å². The summed E-state index contributed by atoms with van der Waals surface area (Å²) in [5.74, 6) is 2.05. The van der Waals surface area contributed by atoms with Crippen molar-refractivity contribution in [3.8, 4) is 0 Å². The van der Waals surface area contributed by atoms with Crippen molar-refractivity contribution in [1.82, 2.24) is 0 Å². The summed E-state index contributed by atoms with van der Waals surface area (Å²) in [5, 5.41) is 0.816. The van der Waals surface area contributed by atoms with Gasteiger partial charge in [0.2, 0.25) is 0 Å². The second-order valence-corrected chi connectivity index (χ2v) is 7.04. The fourth-order valence-corrected chi connectivity index (χ4v) is 3.98. The molecule has 2 aromatic rings. The van der Waals surface area contributed by atoms with Crippen LogP contribution in [0.2, 0.25) is 5.02 Å². The molecule has 0 bridgehead atoms. The second-order valence-electron chi connectivity index (χ2n) is 4.14. The molecular weight excluding hydrogens is 280 g/mol. The van der Waals surface area contributed by atoms with Gasteiger partial charge in [0.05, 0.1) is 0 Å². The molecule has 0 aliphatic rings. The van der Waals surface area contributed by atoms with Crippen molar-refractivity contribution in [2.45, 2.75) is 18.4 Å². The molecule has 0 radical (unpaired) electrons. The summed E-state index contributed by atoms with van der Waals surface area (Å²) in [6.07, 6.45) is 0. The van der Waals surface area contributed by atoms with E-state index < -0.39 is 0 Å². The van der Waals surface area contributed by atoms with Gasteiger partial charge in [-0.25, -0.2) is 0 Å². The Balaban J connectivity index is 1.76. The second kappa shape index (κ2) is 7.13. The molecule has 0 N–H and O–H groups in total. The Bertz CT molecular complexity index is 464. The highest BCUT2D eigenvalue weighted by Gasteiger charge is 1.97. The Kier molecular flexibility index (Phi) is 5.48. The van der Waals surface area contributed by atoms with Crippen molar-refractivity contribution >= 4 is 33.2 Å². The summed E-state index contributed by atoms with van der Waals surface area (Å²) in [4.78, 5) is 0. The van der Waals surface area contributed by atoms with E-state index in [1.54, 1.807) is 0 Å². The third-order valence-corrected chi connectivity index (χ3v) is 5.02. The van der Waals surface area contributed by atoms with Crippen molar-refractivity contribution in [3.05, 3.63) is 70.2 Å². The SMILES string of the molecule is Cc1cccc(CSSCc2cccc(Cl)c2)c1. The molecule has 0 saturated heterocycles. The van der Waals surface area contributed by atoms with E-state index in [0.717, 1.165) is 16.5 Å². The quantitative estimate of drug-likeness (QED) is 0.510. The van der Waals surface area contributed by atoms with Crippen molar-refractivity contribution in [1.29, 1.82) is 0 Å². The van der Waals surface area contributed by atoms with Crippen molar-refractivity contribution in [3.63, 3.8) is 0 Å². The van der Waals surface area contributed by atoms with Crippen LogP contribution in [-0.2, 0) is 11.5 Å². The number of rotatable bonds is 5. The summed E-state index contributed by atoms with van der Waals surface area (Å²) in [5.41, 5.74) is 4.00. The molecule has 0 heterocycles. The van der Waals surface area contributed by atoms with Crippen LogP contribution in [0.25, 0.3) is 0 Å². The first-order chi connectivity index (χ1) is 8.74. The van der Waals surface area contributed by atoms with Gasteiger partial charge in [0, 0.05) is 16.5 Å². The average Bonchev–Trinajstić information content (AvgIpc) is 2.35. The Hall–Kier alpha value is -0.570. The third kappa shape index (κ3) is 4.60. The van der Waals surface area contributed by atoms with E-state index in [2.05, 4.69) is 37.3 Å². The van der Waals surface area contributed by atoms with Crippen LogP contribution in [0, 0.1) is 6.92 Å². The lowest BCUT2D eigenvalue weighted by molar-refractivity contribution is 1.36. The van der Waals surface area contributed by atoms with Gasteiger partial charge in [0.1, 0.15) is 0 Å². The van der Waals surface area contributed by atoms with Gasteiger partial charge >= 0.3 is 0 Å². The molecule has 2 rings (SSSR count). The molecule has 0 aliphatic heterocycles. The highest BCUT2D eigenvalue weighted by atomic mass is 35.5. The highest BCUT2D eigenvalue weighted by molar-refractivity contribution is 8.76. The summed E-state index contributed by atoms with van der Waals surface area (Å²) in [7, 11) is 3.76. The minimum absolute atomic E-state index is 0.816. The first-order valence-corrected chi connectivity index (χ1v) is 8.65. The lowest BCUT2D eigenvalue weighted by atomic mass is 10.2. The summed E-state index contributed by atoms with van der Waals surface area (Å²) in [6.45, 7) is 2.13. The minimum Gasteiger partial charge on any atom is -0.0890 e. The van der Waals surface area contributed by atoms with Crippen LogP contribution in [-0.4, -0.2) is 0 Å². The first-order valence-electron chi connectivity index (χ1n) is 5.78. The third-order valence-electron chi connectivity index (χ3n) is 2.51. The van der Waals surface area contributed by atoms with Crippen LogP contribution in [0.5, 0.6) is 0 Å². The maximum absolute atomic E-state index is 5.95. The van der Waals surface area contributed by atoms with Gasteiger partial charge in [-0.1, -0.05) is 75.2 Å². The molecule has 2 aromatic carbocycles. The topological polar surface area (TPSA) is 0 Å². The van der Waals surface area contributed by atoms with Crippen LogP contribution in [0.15, 0.2) is 48.5 Å². The van der Waals surface area contributed by atoms with E-state index in [1.807, 2.05) is 39.8 Å². The molecule has 18 heavy (non-hydrogen) atoms. The summed E-state index contributed by atoms with van der Waals surface area (Å²) in [6, 6.07) is 16.7. The fourth-order valence-electron chi connectivity index (χ4n) is 1.65. The van der Waals surface area contributed by atoms with Crippen LogP contribution in [0.4, 0.5) is 0 Å². The zero-order chi connectivity index (χ0) is 12.8. The molecule has 0 spiro atoms. The molecule has 0 saturated carbocycles. The number of halogens is 1. The number of hydrogen-bond donors (Lipinski definition) is 0. The zero-order valence-corrected chi connectivity index (χ0v) is 12.6. The smallest absolute Gasteiger partial charge is 0.0409 e. The van der Waals surface area contributed by atoms with Gasteiger partial charge in [-0.15, -0.1) is 0 Å². The van der Waals surface area contributed by atoms with E-state index in [0.29, 0.717) is 0 Å². The average molecular weight is 295 g/mol. The molecular formula is C15H15ClS2. The predicted molar refractivity (Wildman–Crippen MR) is 85.2 cm³/mol. The Labute approximate surface area is 122 Å². The van der Waals surface area contributed by atoms with E-state index in [9.17, 15) is 0 Å². The molecule has 94 valence electrons. The maximum atomic E-state index is 5.95. The van der Waals surface area contributed by atoms with Crippen molar-refractivity contribution in [2.75, 3.05) is 0 Å². The fraction of sp³-hybridized carbons (Fsp3) is 0.200. The van der Waals surface area contributed by atoms with Gasteiger partial charge in [-0.05, 0) is 30.2 Å². The van der Waals surface area contributed by atoms with Crippen LogP contribution < -0.4 is 0 Å². The van der Waals surface area contributed by atoms with Gasteiger partial charge in [-0.2, -0.15) is 0 Å². The largest absolute Gasteiger partial charge is 0.0890 e. The zero-order valence-electron chi connectivity index (χ0n) is 10.2. The summed E-state index contributed by atoms with van der Waals surface area (Å²) < 4.78 is 0. The van der Waals surface area contributed by atoms with Gasteiger partial charge in [0.25, 0.3) is 0 Å². The molecule has 0 nitrogen and oxygen atoms in total. The van der Waals surface area contributed by atoms with Crippen molar-refractivity contribution in [2.24, 2.45) is 0 Å². The predicted octanol–water partition coefficient (Wildman–Crippen LogP) is 5.73. The van der Waals surface area contributed by atoms with Gasteiger partial charge in [0.15, 0.2) is 0 Å².